The van der Waals surface area contributed by atoms with Crippen molar-refractivity contribution in [3.63, 3.8) is 0 Å². The van der Waals surface area contributed by atoms with Gasteiger partial charge < -0.3 is 34.9 Å². The molecule has 8 rings (SSSR count). The van der Waals surface area contributed by atoms with Crippen molar-refractivity contribution in [3.8, 4) is 11.4 Å². The van der Waals surface area contributed by atoms with Crippen LogP contribution in [0.3, 0.4) is 0 Å². The van der Waals surface area contributed by atoms with Crippen LogP contribution in [-0.2, 0) is 19.0 Å². The van der Waals surface area contributed by atoms with Crippen molar-refractivity contribution in [2.45, 2.75) is 93.0 Å². The number of hydrogen-bond donors (Lipinski definition) is 4. The zero-order valence-corrected chi connectivity index (χ0v) is 44.1. The molecule has 0 spiro atoms. The van der Waals surface area contributed by atoms with Gasteiger partial charge in [0.05, 0.1) is 23.4 Å². The van der Waals surface area contributed by atoms with Crippen molar-refractivity contribution in [1.82, 2.24) is 39.5 Å². The van der Waals surface area contributed by atoms with Crippen LogP contribution in [0.2, 0.25) is 5.28 Å². The number of Topliss-reactive ketones (excluding diaryl/α,β-unsaturated/α-hetero) is 2. The van der Waals surface area contributed by atoms with Crippen molar-refractivity contribution in [2.24, 2.45) is 0 Å². The van der Waals surface area contributed by atoms with E-state index in [1.807, 2.05) is 98.7 Å². The van der Waals surface area contributed by atoms with E-state index in [9.17, 15) is 24.0 Å². The summed E-state index contributed by atoms with van der Waals surface area (Å²) in [6, 6.07) is 27.8. The number of anilines is 4. The molecule has 0 saturated heterocycles. The molecule has 0 aliphatic heterocycles. The number of nitrogens with zero attached hydrogens (tertiary/aromatic N) is 8. The van der Waals surface area contributed by atoms with Gasteiger partial charge in [-0.15, -0.1) is 0 Å². The Morgan fingerprint density at radius 2 is 1.04 bits per heavy atom. The highest BCUT2D eigenvalue weighted by Gasteiger charge is 2.22. The number of hydrogen-bond acceptors (Lipinski definition) is 18. The van der Waals surface area contributed by atoms with E-state index in [0.717, 1.165) is 27.7 Å². The van der Waals surface area contributed by atoms with E-state index >= 15 is 0 Å². The molecule has 0 bridgehead atoms. The van der Waals surface area contributed by atoms with E-state index in [-0.39, 0.29) is 22.5 Å². The lowest BCUT2D eigenvalue weighted by Gasteiger charge is -2.19. The Hall–Kier alpha value is -8.40. The Kier molecular flexibility index (Phi) is 19.2. The SMILES string of the molecule is CC(=O)c1ccc(-c2nccc(Nc3ccc4c(cnn4C(=O)OC(C)(C)C)c3)n2)cc1.CC(=O)c1ccc(B(O)O)cc1.CC(C)(C)OC(=O)n1ncc2cc(Nc3ccnc(Cl)n3)ccc21.CC(C)(C)OC=O. The van der Waals surface area contributed by atoms with Gasteiger partial charge in [-0.2, -0.15) is 19.6 Å². The minimum atomic E-state index is -1.47. The summed E-state index contributed by atoms with van der Waals surface area (Å²) < 4.78 is 17.8. The second-order valence-corrected chi connectivity index (χ2v) is 19.7. The lowest BCUT2D eigenvalue weighted by molar-refractivity contribution is -0.138. The maximum atomic E-state index is 12.4. The first-order valence-corrected chi connectivity index (χ1v) is 23.5. The predicted molar refractivity (Wildman–Crippen MR) is 287 cm³/mol. The van der Waals surface area contributed by atoms with E-state index in [0.29, 0.717) is 51.6 Å². The first-order chi connectivity index (χ1) is 35.2. The molecule has 20 nitrogen and oxygen atoms in total. The molecule has 0 amide bonds. The third-order valence-electron chi connectivity index (χ3n) is 9.66. The fourth-order valence-electron chi connectivity index (χ4n) is 6.28. The number of carbonyl (C=O) groups excluding carboxylic acids is 5. The molecular weight excluding hydrogens is 983 g/mol. The van der Waals surface area contributed by atoms with Crippen molar-refractivity contribution >= 4 is 99.2 Å². The van der Waals surface area contributed by atoms with Gasteiger partial charge in [-0.05, 0) is 142 Å². The largest absolute Gasteiger partial charge is 0.488 e. The average Bonchev–Trinajstić information content (AvgIpc) is 3.95. The predicted octanol–water partition coefficient (Wildman–Crippen LogP) is 9.76. The van der Waals surface area contributed by atoms with Crippen LogP contribution in [0.25, 0.3) is 33.2 Å². The highest BCUT2D eigenvalue weighted by molar-refractivity contribution is 6.58. The van der Waals surface area contributed by atoms with E-state index in [1.54, 1.807) is 73.3 Å². The molecule has 4 heterocycles. The summed E-state index contributed by atoms with van der Waals surface area (Å²) >= 11 is 5.77. The minimum Gasteiger partial charge on any atom is -0.462 e. The van der Waals surface area contributed by atoms with Crippen LogP contribution in [0.1, 0.15) is 96.9 Å². The fraction of sp³-hybridized carbons (Fsp3) is 0.264. The summed E-state index contributed by atoms with van der Waals surface area (Å²) in [5.74, 6) is 1.72. The van der Waals surface area contributed by atoms with Gasteiger partial charge in [0.1, 0.15) is 28.4 Å². The molecule has 0 atom stereocenters. The highest BCUT2D eigenvalue weighted by Crippen LogP contribution is 2.26. The number of benzene rings is 4. The van der Waals surface area contributed by atoms with Crippen molar-refractivity contribution in [3.05, 3.63) is 138 Å². The van der Waals surface area contributed by atoms with E-state index in [4.69, 9.17) is 31.1 Å². The minimum absolute atomic E-state index is 0.0123. The molecule has 75 heavy (non-hydrogen) atoms. The number of nitrogens with one attached hydrogen (secondary N) is 2. The summed E-state index contributed by atoms with van der Waals surface area (Å²) in [6.45, 7) is 19.8. The first-order valence-electron chi connectivity index (χ1n) is 23.2. The number of ether oxygens (including phenoxy) is 3. The van der Waals surface area contributed by atoms with Crippen LogP contribution >= 0.6 is 11.6 Å². The van der Waals surface area contributed by atoms with E-state index in [2.05, 4.69) is 45.5 Å². The topological polar surface area (TPSA) is 265 Å². The second-order valence-electron chi connectivity index (χ2n) is 19.4. The normalized spacial score (nSPS) is 11.1. The number of aromatic nitrogens is 8. The molecule has 4 N–H and O–H groups in total. The number of halogens is 1. The molecule has 0 saturated carbocycles. The maximum Gasteiger partial charge on any atom is 0.488 e. The highest BCUT2D eigenvalue weighted by atomic mass is 35.5. The second kappa shape index (κ2) is 25.0. The van der Waals surface area contributed by atoms with Crippen LogP contribution in [0.15, 0.2) is 122 Å². The van der Waals surface area contributed by atoms with Crippen molar-refractivity contribution < 1.29 is 48.2 Å². The summed E-state index contributed by atoms with van der Waals surface area (Å²) in [6.07, 6.45) is 5.42. The van der Waals surface area contributed by atoms with Gasteiger partial charge >= 0.3 is 19.3 Å². The van der Waals surface area contributed by atoms with Crippen LogP contribution < -0.4 is 16.1 Å². The van der Waals surface area contributed by atoms with Crippen LogP contribution in [0.4, 0.5) is 32.6 Å². The smallest absolute Gasteiger partial charge is 0.462 e. The van der Waals surface area contributed by atoms with Gasteiger partial charge in [0.2, 0.25) is 5.28 Å². The zero-order chi connectivity index (χ0) is 55.3. The number of fused-ring (bicyclic) bond motifs is 2. The third kappa shape index (κ3) is 17.9. The number of rotatable bonds is 9. The molecule has 22 heteroatoms. The van der Waals surface area contributed by atoms with Crippen LogP contribution in [-0.4, -0.2) is 104 Å². The van der Waals surface area contributed by atoms with Gasteiger partial charge in [-0.3, -0.25) is 14.4 Å². The monoisotopic (exact) mass is 1040 g/mol. The summed E-state index contributed by atoms with van der Waals surface area (Å²) in [4.78, 5) is 73.2. The third-order valence-corrected chi connectivity index (χ3v) is 9.84. The molecule has 390 valence electrons. The van der Waals surface area contributed by atoms with Gasteiger partial charge in [0.25, 0.3) is 6.47 Å². The molecule has 0 fully saturated rings. The van der Waals surface area contributed by atoms with Crippen LogP contribution in [0.5, 0.6) is 0 Å². The van der Waals surface area contributed by atoms with Crippen LogP contribution in [0, 0.1) is 0 Å². The molecule has 0 aliphatic carbocycles. The molecule has 0 aliphatic rings. The van der Waals surface area contributed by atoms with Crippen molar-refractivity contribution in [1.29, 1.82) is 0 Å². The molecule has 4 aromatic carbocycles. The summed E-state index contributed by atoms with van der Waals surface area (Å²) in [5.41, 5.74) is 3.81. The van der Waals surface area contributed by atoms with Crippen molar-refractivity contribution in [2.75, 3.05) is 10.6 Å². The summed E-state index contributed by atoms with van der Waals surface area (Å²) in [5, 5.41) is 33.9. The maximum absolute atomic E-state index is 12.4. The average molecular weight is 1040 g/mol. The zero-order valence-electron chi connectivity index (χ0n) is 43.3. The number of ketones is 2. The van der Waals surface area contributed by atoms with E-state index < -0.39 is 30.5 Å². The quantitative estimate of drug-likeness (QED) is 0.0344. The van der Waals surface area contributed by atoms with Gasteiger partial charge in [0, 0.05) is 51.2 Å². The Morgan fingerprint density at radius 1 is 0.600 bits per heavy atom. The molecule has 8 aromatic rings. The van der Waals surface area contributed by atoms with E-state index in [1.165, 1.54) is 35.3 Å². The summed E-state index contributed by atoms with van der Waals surface area (Å²) in [7, 11) is -1.47. The van der Waals surface area contributed by atoms with Gasteiger partial charge in [0.15, 0.2) is 17.4 Å². The molecule has 4 aromatic heterocycles. The fourth-order valence-corrected chi connectivity index (χ4v) is 6.43. The standard InChI is InChI=1S/C24H23N5O3.C16H16ClN5O2.C8H9BO3.C5H10O2/c1-15(30)16-5-7-17(8-6-16)22-25-12-11-21(28-22)27-19-9-10-20-18(13-19)14-26-29(20)23(31)32-24(2,3)4;1-16(2,3)24-15(23)22-12-5-4-11(8-10(12)9-19-22)20-13-6-7-18-14(17)21-13;1-6(10)7-2-4-8(5-3-7)9(11)12;1-5(2,3)7-4-6/h5-14H,1-4H3,(H,25,27,28);4-9H,1-3H3,(H,18,20,21);2-5,11-12H,1H3;4H,1-3H3. The van der Waals surface area contributed by atoms with Gasteiger partial charge in [-0.1, -0.05) is 48.5 Å². The Bertz CT molecular complexity index is 3270. The Balaban J connectivity index is 0.000000211. The molecule has 0 unspecified atom stereocenters. The molecular formula is C53H58BClN10O10. The Morgan fingerprint density at radius 3 is 1.43 bits per heavy atom. The van der Waals surface area contributed by atoms with Gasteiger partial charge in [-0.25, -0.2) is 29.5 Å². The molecule has 0 radical (unpaired) electrons. The number of carbonyl (C=O) groups is 5. The lowest BCUT2D eigenvalue weighted by atomic mass is 9.80. The first kappa shape index (κ1) is 57.5. The lowest BCUT2D eigenvalue weighted by Crippen LogP contribution is -2.29. The Labute approximate surface area is 438 Å².